The normalized spacial score (nSPS) is 20.0. The summed E-state index contributed by atoms with van der Waals surface area (Å²) in [6.45, 7) is 8.99. The fourth-order valence-corrected chi connectivity index (χ4v) is 3.63. The van der Waals surface area contributed by atoms with Crippen LogP contribution in [0.5, 0.6) is 11.5 Å². The van der Waals surface area contributed by atoms with E-state index in [0.717, 1.165) is 56.3 Å². The summed E-state index contributed by atoms with van der Waals surface area (Å²) in [6.07, 6.45) is 0. The highest BCUT2D eigenvalue weighted by molar-refractivity contribution is 5.42. The van der Waals surface area contributed by atoms with E-state index in [4.69, 9.17) is 9.47 Å². The Balaban J connectivity index is 1.53. The first kappa shape index (κ1) is 18.7. The molecule has 26 heavy (non-hydrogen) atoms. The average Bonchev–Trinajstić information content (AvgIpc) is 2.64. The number of rotatable bonds is 7. The number of piperazine rings is 1. The van der Waals surface area contributed by atoms with Gasteiger partial charge in [0, 0.05) is 11.1 Å². The molecule has 1 fully saturated rings. The van der Waals surface area contributed by atoms with Crippen LogP contribution in [0, 0.1) is 5.82 Å². The number of quaternary nitrogens is 2. The maximum atomic E-state index is 13.3. The Hall–Kier alpha value is -2.11. The maximum Gasteiger partial charge on any atom is 0.161 e. The van der Waals surface area contributed by atoms with E-state index in [1.54, 1.807) is 24.1 Å². The van der Waals surface area contributed by atoms with Gasteiger partial charge < -0.3 is 19.3 Å². The minimum Gasteiger partial charge on any atom is -0.493 e. The summed E-state index contributed by atoms with van der Waals surface area (Å²) < 4.78 is 24.4. The van der Waals surface area contributed by atoms with Gasteiger partial charge in [-0.3, -0.25) is 0 Å². The van der Waals surface area contributed by atoms with E-state index in [-0.39, 0.29) is 5.82 Å². The lowest BCUT2D eigenvalue weighted by molar-refractivity contribution is -1.02. The highest BCUT2D eigenvalue weighted by Gasteiger charge is 2.23. The number of benzene rings is 2. The molecule has 1 heterocycles. The van der Waals surface area contributed by atoms with Crippen LogP contribution in [-0.4, -0.2) is 39.9 Å². The molecule has 1 aliphatic heterocycles. The Morgan fingerprint density at radius 2 is 1.54 bits per heavy atom. The summed E-state index contributed by atoms with van der Waals surface area (Å²) in [6, 6.07) is 13.2. The molecular weight excluding hydrogens is 331 g/mol. The molecule has 140 valence electrons. The highest BCUT2D eigenvalue weighted by Crippen LogP contribution is 2.27. The fourth-order valence-electron chi connectivity index (χ4n) is 3.63. The Bertz CT molecular complexity index is 715. The topological polar surface area (TPSA) is 27.3 Å². The highest BCUT2D eigenvalue weighted by atomic mass is 19.1. The zero-order valence-electron chi connectivity index (χ0n) is 15.7. The van der Waals surface area contributed by atoms with Crippen LogP contribution in [0.2, 0.25) is 0 Å². The molecule has 1 saturated heterocycles. The molecule has 0 spiro atoms. The first-order chi connectivity index (χ1) is 12.7. The SMILES string of the molecule is CCOc1cc(C[NH+]2CC[NH+](Cc3cccc(F)c3)CC2)ccc1OC. The second-order valence-corrected chi connectivity index (χ2v) is 6.90. The largest absolute Gasteiger partial charge is 0.493 e. The predicted molar refractivity (Wildman–Crippen MR) is 99.4 cm³/mol. The standard InChI is InChI=1S/C21H27FN2O2/c1-3-26-21-14-18(7-8-20(21)25-2)16-24-11-9-23(10-12-24)15-17-5-4-6-19(22)13-17/h4-8,13-14H,3,9-12,15-16H2,1-2H3/p+2. The van der Waals surface area contributed by atoms with Crippen molar-refractivity contribution in [3.8, 4) is 11.5 Å². The maximum absolute atomic E-state index is 13.3. The van der Waals surface area contributed by atoms with Gasteiger partial charge in [-0.1, -0.05) is 12.1 Å². The molecule has 0 atom stereocenters. The van der Waals surface area contributed by atoms with Crippen LogP contribution in [0.25, 0.3) is 0 Å². The first-order valence-corrected chi connectivity index (χ1v) is 9.39. The van der Waals surface area contributed by atoms with Gasteiger partial charge in [-0.25, -0.2) is 4.39 Å². The molecule has 2 N–H and O–H groups in total. The quantitative estimate of drug-likeness (QED) is 0.761. The van der Waals surface area contributed by atoms with Gasteiger partial charge >= 0.3 is 0 Å². The van der Waals surface area contributed by atoms with E-state index in [1.807, 2.05) is 19.1 Å². The van der Waals surface area contributed by atoms with Crippen LogP contribution in [-0.2, 0) is 13.1 Å². The van der Waals surface area contributed by atoms with Crippen LogP contribution in [0.1, 0.15) is 18.1 Å². The summed E-state index contributed by atoms with van der Waals surface area (Å²) in [4.78, 5) is 3.12. The zero-order chi connectivity index (χ0) is 18.4. The summed E-state index contributed by atoms with van der Waals surface area (Å²) >= 11 is 0. The van der Waals surface area contributed by atoms with Crippen molar-refractivity contribution < 1.29 is 23.7 Å². The van der Waals surface area contributed by atoms with Gasteiger partial charge in [-0.15, -0.1) is 0 Å². The molecule has 1 aliphatic rings. The van der Waals surface area contributed by atoms with Crippen molar-refractivity contribution in [1.82, 2.24) is 0 Å². The lowest BCUT2D eigenvalue weighted by atomic mass is 10.1. The van der Waals surface area contributed by atoms with Gasteiger partial charge in [-0.05, 0) is 37.3 Å². The number of nitrogens with one attached hydrogen (secondary N) is 2. The van der Waals surface area contributed by atoms with Crippen LogP contribution in [0.3, 0.4) is 0 Å². The fraction of sp³-hybridized carbons (Fsp3) is 0.429. The third-order valence-electron chi connectivity index (χ3n) is 4.99. The number of ether oxygens (including phenoxy) is 2. The van der Waals surface area contributed by atoms with Crippen LogP contribution >= 0.6 is 0 Å². The number of hydrogen-bond donors (Lipinski definition) is 2. The monoisotopic (exact) mass is 360 g/mol. The Morgan fingerprint density at radius 1 is 0.885 bits per heavy atom. The van der Waals surface area contributed by atoms with E-state index in [1.165, 1.54) is 16.5 Å². The third kappa shape index (κ3) is 4.96. The lowest BCUT2D eigenvalue weighted by Gasteiger charge is -2.30. The van der Waals surface area contributed by atoms with E-state index in [0.29, 0.717) is 6.61 Å². The van der Waals surface area contributed by atoms with Crippen molar-refractivity contribution in [2.75, 3.05) is 39.9 Å². The molecule has 0 unspecified atom stereocenters. The van der Waals surface area contributed by atoms with E-state index < -0.39 is 0 Å². The number of halogens is 1. The van der Waals surface area contributed by atoms with E-state index >= 15 is 0 Å². The van der Waals surface area contributed by atoms with Crippen molar-refractivity contribution in [3.05, 3.63) is 59.4 Å². The summed E-state index contributed by atoms with van der Waals surface area (Å²) in [5.74, 6) is 1.47. The molecule has 2 aromatic carbocycles. The van der Waals surface area contributed by atoms with Crippen molar-refractivity contribution in [1.29, 1.82) is 0 Å². The molecule has 5 heteroatoms. The molecule has 2 aromatic rings. The molecule has 0 amide bonds. The summed E-state index contributed by atoms with van der Waals surface area (Å²) in [7, 11) is 1.67. The molecule has 0 saturated carbocycles. The van der Waals surface area contributed by atoms with Gasteiger partial charge in [0.1, 0.15) is 45.1 Å². The lowest BCUT2D eigenvalue weighted by Crippen LogP contribution is -3.27. The molecule has 0 aromatic heterocycles. The van der Waals surface area contributed by atoms with Gasteiger partial charge in [0.2, 0.25) is 0 Å². The Labute approximate surface area is 155 Å². The van der Waals surface area contributed by atoms with Crippen molar-refractivity contribution in [2.24, 2.45) is 0 Å². The molecule has 0 bridgehead atoms. The second kappa shape index (κ2) is 9.01. The summed E-state index contributed by atoms with van der Waals surface area (Å²) in [5, 5.41) is 0. The van der Waals surface area contributed by atoms with Crippen LogP contribution in [0.15, 0.2) is 42.5 Å². The average molecular weight is 360 g/mol. The molecule has 3 rings (SSSR count). The molecule has 0 radical (unpaired) electrons. The minimum absolute atomic E-state index is 0.143. The Morgan fingerprint density at radius 3 is 2.12 bits per heavy atom. The van der Waals surface area contributed by atoms with E-state index in [2.05, 4.69) is 12.1 Å². The van der Waals surface area contributed by atoms with Crippen molar-refractivity contribution in [3.63, 3.8) is 0 Å². The van der Waals surface area contributed by atoms with Gasteiger partial charge in [0.15, 0.2) is 11.5 Å². The first-order valence-electron chi connectivity index (χ1n) is 9.39. The minimum atomic E-state index is -0.143. The van der Waals surface area contributed by atoms with Gasteiger partial charge in [0.25, 0.3) is 0 Å². The molecule has 0 aliphatic carbocycles. The van der Waals surface area contributed by atoms with Gasteiger partial charge in [-0.2, -0.15) is 0 Å². The smallest absolute Gasteiger partial charge is 0.161 e. The third-order valence-corrected chi connectivity index (χ3v) is 4.99. The van der Waals surface area contributed by atoms with Crippen LogP contribution < -0.4 is 19.3 Å². The predicted octanol–water partition coefficient (Wildman–Crippen LogP) is 0.717. The summed E-state index contributed by atoms with van der Waals surface area (Å²) in [5.41, 5.74) is 2.36. The molecular formula is C21H29FN2O2+2. The molecule has 4 nitrogen and oxygen atoms in total. The zero-order valence-corrected chi connectivity index (χ0v) is 15.7. The van der Waals surface area contributed by atoms with Crippen molar-refractivity contribution in [2.45, 2.75) is 20.0 Å². The number of hydrogen-bond acceptors (Lipinski definition) is 2. The second-order valence-electron chi connectivity index (χ2n) is 6.90. The number of methoxy groups -OCH3 is 1. The van der Waals surface area contributed by atoms with E-state index in [9.17, 15) is 4.39 Å². The van der Waals surface area contributed by atoms with Gasteiger partial charge in [0.05, 0.1) is 13.7 Å². The van der Waals surface area contributed by atoms with Crippen molar-refractivity contribution >= 4 is 0 Å². The van der Waals surface area contributed by atoms with Crippen LogP contribution in [0.4, 0.5) is 4.39 Å². The Kier molecular flexibility index (Phi) is 6.47.